The van der Waals surface area contributed by atoms with E-state index in [4.69, 9.17) is 9.15 Å². The summed E-state index contributed by atoms with van der Waals surface area (Å²) in [6, 6.07) is 15.4. The first-order valence-corrected chi connectivity index (χ1v) is 7.02. The Bertz CT molecular complexity index is 856. The zero-order valence-electron chi connectivity index (χ0n) is 12.5. The van der Waals surface area contributed by atoms with Gasteiger partial charge in [-0.3, -0.25) is 4.79 Å². The maximum atomic E-state index is 12.0. The third kappa shape index (κ3) is 2.93. The molecule has 0 saturated heterocycles. The van der Waals surface area contributed by atoms with Gasteiger partial charge in [0.1, 0.15) is 11.5 Å². The van der Waals surface area contributed by atoms with E-state index in [0.29, 0.717) is 5.76 Å². The molecule has 1 heterocycles. The maximum Gasteiger partial charge on any atom is 0.221 e. The Morgan fingerprint density at radius 3 is 2.55 bits per heavy atom. The molecule has 3 aromatic rings. The number of carbonyl (C=O) groups is 1. The second kappa shape index (κ2) is 5.90. The van der Waals surface area contributed by atoms with Crippen molar-refractivity contribution in [3.8, 4) is 5.75 Å². The van der Waals surface area contributed by atoms with E-state index < -0.39 is 0 Å². The summed E-state index contributed by atoms with van der Waals surface area (Å²) in [5, 5.41) is 2.20. The Kier molecular flexibility index (Phi) is 3.79. The summed E-state index contributed by atoms with van der Waals surface area (Å²) in [6.07, 6.45) is 3.33. The first kappa shape index (κ1) is 14.1. The van der Waals surface area contributed by atoms with Crippen LogP contribution in [0.3, 0.4) is 0 Å². The van der Waals surface area contributed by atoms with Crippen molar-refractivity contribution in [2.75, 3.05) is 7.11 Å². The van der Waals surface area contributed by atoms with Crippen LogP contribution in [0.5, 0.6) is 5.75 Å². The molecule has 0 bridgehead atoms. The van der Waals surface area contributed by atoms with Gasteiger partial charge in [-0.2, -0.15) is 0 Å². The lowest BCUT2D eigenvalue weighted by Gasteiger charge is -2.03. The molecule has 0 saturated carbocycles. The average molecular weight is 292 g/mol. The van der Waals surface area contributed by atoms with E-state index in [2.05, 4.69) is 0 Å². The highest BCUT2D eigenvalue weighted by Gasteiger charge is 2.06. The van der Waals surface area contributed by atoms with E-state index in [0.717, 1.165) is 27.8 Å². The molecular weight excluding hydrogens is 276 g/mol. The van der Waals surface area contributed by atoms with Crippen LogP contribution < -0.4 is 4.74 Å². The van der Waals surface area contributed by atoms with Gasteiger partial charge in [0.2, 0.25) is 5.78 Å². The first-order chi connectivity index (χ1) is 10.7. The largest absolute Gasteiger partial charge is 0.497 e. The van der Waals surface area contributed by atoms with Crippen LogP contribution in [0.1, 0.15) is 21.9 Å². The van der Waals surface area contributed by atoms with Crippen molar-refractivity contribution in [3.05, 3.63) is 71.7 Å². The lowest BCUT2D eigenvalue weighted by atomic mass is 10.1. The van der Waals surface area contributed by atoms with Crippen LogP contribution in [0, 0.1) is 6.92 Å². The van der Waals surface area contributed by atoms with E-state index in [9.17, 15) is 4.79 Å². The molecule has 3 nitrogen and oxygen atoms in total. The number of allylic oxidation sites excluding steroid dienone is 1. The molecule has 0 unspecified atom stereocenters. The quantitative estimate of drug-likeness (QED) is 0.519. The highest BCUT2D eigenvalue weighted by Crippen LogP contribution is 2.22. The fourth-order valence-corrected chi connectivity index (χ4v) is 2.29. The molecule has 2 aromatic carbocycles. The fraction of sp³-hybridized carbons (Fsp3) is 0.105. The molecule has 22 heavy (non-hydrogen) atoms. The van der Waals surface area contributed by atoms with Gasteiger partial charge in [-0.25, -0.2) is 0 Å². The van der Waals surface area contributed by atoms with Crippen molar-refractivity contribution in [1.82, 2.24) is 0 Å². The number of ether oxygens (including phenoxy) is 1. The monoisotopic (exact) mass is 292 g/mol. The molecule has 3 heteroatoms. The van der Waals surface area contributed by atoms with Gasteiger partial charge in [0.25, 0.3) is 0 Å². The van der Waals surface area contributed by atoms with Crippen molar-refractivity contribution >= 4 is 22.6 Å². The number of ketones is 1. The summed E-state index contributed by atoms with van der Waals surface area (Å²) in [5.74, 6) is 1.79. The van der Waals surface area contributed by atoms with Gasteiger partial charge in [0.15, 0.2) is 5.76 Å². The Labute approximate surface area is 128 Å². The number of hydrogen-bond donors (Lipinski definition) is 0. The van der Waals surface area contributed by atoms with Crippen molar-refractivity contribution in [2.45, 2.75) is 6.92 Å². The summed E-state index contributed by atoms with van der Waals surface area (Å²) in [7, 11) is 1.65. The summed E-state index contributed by atoms with van der Waals surface area (Å²) in [4.78, 5) is 12.0. The van der Waals surface area contributed by atoms with Gasteiger partial charge in [0.05, 0.1) is 7.11 Å². The molecule has 1 aromatic heterocycles. The lowest BCUT2D eigenvalue weighted by molar-refractivity contribution is 0.102. The third-order valence-corrected chi connectivity index (χ3v) is 3.48. The van der Waals surface area contributed by atoms with E-state index in [1.165, 1.54) is 6.08 Å². The number of hydrogen-bond acceptors (Lipinski definition) is 3. The number of methoxy groups -OCH3 is 1. The molecular formula is C19H16O3. The molecule has 0 radical (unpaired) electrons. The van der Waals surface area contributed by atoms with Gasteiger partial charge in [-0.1, -0.05) is 24.3 Å². The highest BCUT2D eigenvalue weighted by atomic mass is 16.5. The molecule has 0 aliphatic carbocycles. The molecule has 0 aliphatic heterocycles. The molecule has 0 N–H and O–H groups in total. The SMILES string of the molecule is COc1ccc2cc(/C=C/C(=O)c3ccc(C)o3)ccc2c1. The standard InChI is InChI=1S/C19H16O3/c1-13-3-10-19(22-13)18(20)9-5-14-4-6-16-12-17(21-2)8-7-15(16)11-14/h3-12H,1-2H3/b9-5+. The summed E-state index contributed by atoms with van der Waals surface area (Å²) in [6.45, 7) is 1.82. The van der Waals surface area contributed by atoms with Gasteiger partial charge < -0.3 is 9.15 Å². The van der Waals surface area contributed by atoms with Crippen LogP contribution in [-0.4, -0.2) is 12.9 Å². The molecule has 0 aliphatic rings. The molecule has 0 atom stereocenters. The highest BCUT2D eigenvalue weighted by molar-refractivity contribution is 6.05. The first-order valence-electron chi connectivity index (χ1n) is 7.02. The number of rotatable bonds is 4. The minimum Gasteiger partial charge on any atom is -0.497 e. The van der Waals surface area contributed by atoms with Crippen molar-refractivity contribution in [1.29, 1.82) is 0 Å². The van der Waals surface area contributed by atoms with Gasteiger partial charge >= 0.3 is 0 Å². The van der Waals surface area contributed by atoms with Crippen LogP contribution in [0.2, 0.25) is 0 Å². The molecule has 3 rings (SSSR count). The van der Waals surface area contributed by atoms with Crippen LogP contribution in [0.4, 0.5) is 0 Å². The summed E-state index contributed by atoms with van der Waals surface area (Å²) < 4.78 is 10.5. The van der Waals surface area contributed by atoms with Crippen LogP contribution in [-0.2, 0) is 0 Å². The number of aryl methyl sites for hydroxylation is 1. The molecule has 110 valence electrons. The van der Waals surface area contributed by atoms with Gasteiger partial charge in [-0.05, 0) is 59.7 Å². The third-order valence-electron chi connectivity index (χ3n) is 3.48. The van der Waals surface area contributed by atoms with Crippen LogP contribution >= 0.6 is 0 Å². The van der Waals surface area contributed by atoms with E-state index in [1.807, 2.05) is 43.3 Å². The number of benzene rings is 2. The fourth-order valence-electron chi connectivity index (χ4n) is 2.29. The predicted molar refractivity (Wildman–Crippen MR) is 87.3 cm³/mol. The van der Waals surface area contributed by atoms with E-state index in [-0.39, 0.29) is 5.78 Å². The Morgan fingerprint density at radius 2 is 1.82 bits per heavy atom. The van der Waals surface area contributed by atoms with Crippen molar-refractivity contribution in [3.63, 3.8) is 0 Å². The maximum absolute atomic E-state index is 12.0. The van der Waals surface area contributed by atoms with Gasteiger partial charge in [0, 0.05) is 0 Å². The smallest absolute Gasteiger partial charge is 0.221 e. The van der Waals surface area contributed by atoms with Gasteiger partial charge in [-0.15, -0.1) is 0 Å². The second-order valence-corrected chi connectivity index (χ2v) is 5.08. The van der Waals surface area contributed by atoms with Crippen molar-refractivity contribution < 1.29 is 13.9 Å². The van der Waals surface area contributed by atoms with Crippen molar-refractivity contribution in [2.24, 2.45) is 0 Å². The number of fused-ring (bicyclic) bond motifs is 1. The molecule has 0 spiro atoms. The summed E-state index contributed by atoms with van der Waals surface area (Å²) in [5.41, 5.74) is 0.967. The zero-order chi connectivity index (χ0) is 15.5. The normalized spacial score (nSPS) is 11.2. The predicted octanol–water partition coefficient (Wildman–Crippen LogP) is 4.65. The Morgan fingerprint density at radius 1 is 1.05 bits per heavy atom. The van der Waals surface area contributed by atoms with E-state index in [1.54, 1.807) is 25.3 Å². The summed E-state index contributed by atoms with van der Waals surface area (Å²) >= 11 is 0. The average Bonchev–Trinajstić information content (AvgIpc) is 2.98. The second-order valence-electron chi connectivity index (χ2n) is 5.08. The number of furan rings is 1. The van der Waals surface area contributed by atoms with E-state index >= 15 is 0 Å². The molecule has 0 fully saturated rings. The van der Waals surface area contributed by atoms with Crippen LogP contribution in [0.25, 0.3) is 16.8 Å². The van der Waals surface area contributed by atoms with Crippen LogP contribution in [0.15, 0.2) is 59.0 Å². The Hall–Kier alpha value is -2.81. The minimum absolute atomic E-state index is 0.136. The molecule has 0 amide bonds. The topological polar surface area (TPSA) is 39.4 Å². The minimum atomic E-state index is -0.136. The Balaban J connectivity index is 1.84. The number of carbonyl (C=O) groups excluding carboxylic acids is 1. The lowest BCUT2D eigenvalue weighted by Crippen LogP contribution is -1.90. The zero-order valence-corrected chi connectivity index (χ0v) is 12.5.